The van der Waals surface area contributed by atoms with Crippen molar-refractivity contribution in [2.45, 2.75) is 32.6 Å². The summed E-state index contributed by atoms with van der Waals surface area (Å²) in [7, 11) is 0. The maximum Gasteiger partial charge on any atom is 0.303 e. The van der Waals surface area contributed by atoms with Gasteiger partial charge < -0.3 is 5.11 Å². The van der Waals surface area contributed by atoms with E-state index in [4.69, 9.17) is 5.11 Å². The van der Waals surface area contributed by atoms with Gasteiger partial charge >= 0.3 is 5.97 Å². The standard InChI is InChI=1S/C6H12O2.FH/c1-2-3-4-5-6(7)8;/h2-5H2,1H3,(H,7,8);1H. The van der Waals surface area contributed by atoms with Gasteiger partial charge in [0.1, 0.15) is 0 Å². The second-order valence-corrected chi connectivity index (χ2v) is 1.85. The number of hydrogen-bond donors (Lipinski definition) is 1. The third kappa shape index (κ3) is 11.1. The minimum Gasteiger partial charge on any atom is -0.481 e. The third-order valence-corrected chi connectivity index (χ3v) is 0.994. The fourth-order valence-electron chi connectivity index (χ4n) is 0.526. The molecule has 9 heavy (non-hydrogen) atoms. The first-order valence-electron chi connectivity index (χ1n) is 2.99. The zero-order valence-corrected chi connectivity index (χ0v) is 5.59. The highest BCUT2D eigenvalue weighted by atomic mass is 19.0. The second kappa shape index (κ2) is 7.40. The van der Waals surface area contributed by atoms with Gasteiger partial charge in [-0.3, -0.25) is 9.50 Å². The lowest BCUT2D eigenvalue weighted by Gasteiger charge is -1.89. The maximum absolute atomic E-state index is 9.87. The molecule has 1 N–H and O–H groups in total. The van der Waals surface area contributed by atoms with Crippen LogP contribution in [0, 0.1) is 0 Å². The molecule has 56 valence electrons. The molecule has 0 aromatic carbocycles. The summed E-state index contributed by atoms with van der Waals surface area (Å²) >= 11 is 0. The molecular weight excluding hydrogens is 123 g/mol. The Morgan fingerprint density at radius 1 is 1.44 bits per heavy atom. The molecule has 3 heteroatoms. The minimum atomic E-state index is -0.682. The van der Waals surface area contributed by atoms with Crippen molar-refractivity contribution in [1.82, 2.24) is 0 Å². The largest absolute Gasteiger partial charge is 0.481 e. The van der Waals surface area contributed by atoms with Crippen LogP contribution in [0.15, 0.2) is 0 Å². The fraction of sp³-hybridized carbons (Fsp3) is 0.833. The third-order valence-electron chi connectivity index (χ3n) is 0.994. The first kappa shape index (κ1) is 11.2. The highest BCUT2D eigenvalue weighted by Crippen LogP contribution is 1.97. The van der Waals surface area contributed by atoms with E-state index in [-0.39, 0.29) is 4.70 Å². The molecule has 0 amide bonds. The van der Waals surface area contributed by atoms with Crippen molar-refractivity contribution in [2.75, 3.05) is 0 Å². The molecule has 0 rings (SSSR count). The van der Waals surface area contributed by atoms with Gasteiger partial charge in [-0.1, -0.05) is 19.8 Å². The molecule has 0 aliphatic heterocycles. The van der Waals surface area contributed by atoms with Crippen LogP contribution in [-0.2, 0) is 4.79 Å². The van der Waals surface area contributed by atoms with E-state index in [1.165, 1.54) is 0 Å². The highest BCUT2D eigenvalue weighted by Gasteiger charge is 1.92. The van der Waals surface area contributed by atoms with Crippen LogP contribution >= 0.6 is 0 Å². The van der Waals surface area contributed by atoms with Gasteiger partial charge in [-0.2, -0.15) is 0 Å². The average Bonchev–Trinajstić information content (AvgIpc) is 1.66. The maximum atomic E-state index is 9.87. The Morgan fingerprint density at radius 2 is 2.00 bits per heavy atom. The Hall–Kier alpha value is -0.600. The van der Waals surface area contributed by atoms with Crippen molar-refractivity contribution in [3.8, 4) is 0 Å². The molecule has 0 spiro atoms. The van der Waals surface area contributed by atoms with Crippen molar-refractivity contribution in [3.05, 3.63) is 0 Å². The van der Waals surface area contributed by atoms with Crippen LogP contribution in [0.5, 0.6) is 0 Å². The van der Waals surface area contributed by atoms with Crippen LogP contribution < -0.4 is 0 Å². The van der Waals surface area contributed by atoms with Gasteiger partial charge in [-0.05, 0) is 6.42 Å². The lowest BCUT2D eigenvalue weighted by molar-refractivity contribution is -0.137. The van der Waals surface area contributed by atoms with Crippen LogP contribution in [0.3, 0.4) is 0 Å². The number of carboxylic acids is 1. The van der Waals surface area contributed by atoms with Gasteiger partial charge in [0, 0.05) is 6.42 Å². The molecule has 0 saturated carbocycles. The number of unbranched alkanes of at least 4 members (excludes halogenated alkanes) is 2. The van der Waals surface area contributed by atoms with E-state index in [0.717, 1.165) is 19.3 Å². The van der Waals surface area contributed by atoms with Gasteiger partial charge in [0.2, 0.25) is 0 Å². The van der Waals surface area contributed by atoms with Crippen LogP contribution in [0.25, 0.3) is 0 Å². The average molecular weight is 136 g/mol. The van der Waals surface area contributed by atoms with Crippen molar-refractivity contribution in [3.63, 3.8) is 0 Å². The zero-order chi connectivity index (χ0) is 6.41. The van der Waals surface area contributed by atoms with E-state index < -0.39 is 5.97 Å². The van der Waals surface area contributed by atoms with Crippen LogP contribution in [0.1, 0.15) is 32.6 Å². The van der Waals surface area contributed by atoms with Crippen LogP contribution in [0.4, 0.5) is 4.70 Å². The van der Waals surface area contributed by atoms with E-state index in [9.17, 15) is 4.79 Å². The number of halogens is 1. The Bertz CT molecular complexity index is 73.5. The molecule has 0 atom stereocenters. The summed E-state index contributed by atoms with van der Waals surface area (Å²) in [6.07, 6.45) is 3.28. The topological polar surface area (TPSA) is 37.3 Å². The molecule has 0 aromatic rings. The zero-order valence-electron chi connectivity index (χ0n) is 5.59. The van der Waals surface area contributed by atoms with E-state index in [1.807, 2.05) is 0 Å². The van der Waals surface area contributed by atoms with Gasteiger partial charge in [-0.25, -0.2) is 0 Å². The summed E-state index contributed by atoms with van der Waals surface area (Å²) in [6, 6.07) is 0. The van der Waals surface area contributed by atoms with Gasteiger partial charge in [0.15, 0.2) is 0 Å². The Morgan fingerprint density at radius 3 is 2.33 bits per heavy atom. The van der Waals surface area contributed by atoms with Crippen molar-refractivity contribution < 1.29 is 14.6 Å². The molecule has 0 bridgehead atoms. The molecule has 0 unspecified atom stereocenters. The molecule has 0 heterocycles. The summed E-state index contributed by atoms with van der Waals surface area (Å²) in [5.41, 5.74) is 0. The van der Waals surface area contributed by atoms with Gasteiger partial charge in [-0.15, -0.1) is 0 Å². The van der Waals surface area contributed by atoms with Crippen molar-refractivity contribution >= 4 is 5.97 Å². The number of carbonyl (C=O) groups is 1. The Kier molecular flexibility index (Phi) is 9.23. The fourth-order valence-corrected chi connectivity index (χ4v) is 0.526. The number of rotatable bonds is 4. The first-order valence-corrected chi connectivity index (χ1v) is 2.99. The first-order chi connectivity index (χ1) is 3.77. The van der Waals surface area contributed by atoms with E-state index in [2.05, 4.69) is 6.92 Å². The van der Waals surface area contributed by atoms with Crippen LogP contribution in [0.2, 0.25) is 0 Å². The molecule has 0 fully saturated rings. The predicted octanol–water partition coefficient (Wildman–Crippen LogP) is 1.80. The normalized spacial score (nSPS) is 8.11. The predicted molar refractivity (Wildman–Crippen MR) is 34.3 cm³/mol. The molecule has 2 nitrogen and oxygen atoms in total. The van der Waals surface area contributed by atoms with Gasteiger partial charge in [0.25, 0.3) is 0 Å². The summed E-state index contributed by atoms with van der Waals surface area (Å²) in [4.78, 5) is 9.87. The lowest BCUT2D eigenvalue weighted by atomic mass is 10.2. The quantitative estimate of drug-likeness (QED) is 0.598. The van der Waals surface area contributed by atoms with Gasteiger partial charge in [0.05, 0.1) is 0 Å². The Balaban J connectivity index is 0. The second-order valence-electron chi connectivity index (χ2n) is 1.85. The van der Waals surface area contributed by atoms with E-state index >= 15 is 0 Å². The lowest BCUT2D eigenvalue weighted by Crippen LogP contribution is -1.92. The van der Waals surface area contributed by atoms with E-state index in [0.29, 0.717) is 6.42 Å². The molecule has 0 saturated heterocycles. The van der Waals surface area contributed by atoms with Crippen molar-refractivity contribution in [2.24, 2.45) is 0 Å². The van der Waals surface area contributed by atoms with Crippen LogP contribution in [-0.4, -0.2) is 11.1 Å². The summed E-state index contributed by atoms with van der Waals surface area (Å²) in [5, 5.41) is 8.14. The molecule has 0 aromatic heterocycles. The number of carboxylic acid groups (broad SMARTS) is 1. The number of hydrogen-bond acceptors (Lipinski definition) is 1. The summed E-state index contributed by atoms with van der Waals surface area (Å²) < 4.78 is 0. The Labute approximate surface area is 54.2 Å². The molecule has 0 radical (unpaired) electrons. The highest BCUT2D eigenvalue weighted by molar-refractivity contribution is 5.66. The minimum absolute atomic E-state index is 0. The smallest absolute Gasteiger partial charge is 0.303 e. The molecular formula is C6H13FO2. The summed E-state index contributed by atoms with van der Waals surface area (Å²) in [6.45, 7) is 2.06. The SMILES string of the molecule is CCCCCC(=O)O.F. The molecule has 0 aliphatic carbocycles. The van der Waals surface area contributed by atoms with E-state index in [1.54, 1.807) is 0 Å². The summed E-state index contributed by atoms with van der Waals surface area (Å²) in [5.74, 6) is -0.682. The monoisotopic (exact) mass is 136 g/mol. The number of aliphatic carboxylic acids is 1. The molecule has 0 aliphatic rings. The van der Waals surface area contributed by atoms with Crippen molar-refractivity contribution in [1.29, 1.82) is 0 Å².